The Morgan fingerprint density at radius 3 is 2.40 bits per heavy atom. The Hall–Kier alpha value is -0.240. The highest BCUT2D eigenvalue weighted by Gasteiger charge is 2.45. The van der Waals surface area contributed by atoms with Crippen LogP contribution in [-0.2, 0) is 5.41 Å². The first-order valence-electron chi connectivity index (χ1n) is 10.1. The van der Waals surface area contributed by atoms with E-state index in [0.717, 1.165) is 42.6 Å². The van der Waals surface area contributed by atoms with Gasteiger partial charge in [0.2, 0.25) is 0 Å². The first-order chi connectivity index (χ1) is 11.5. The first kappa shape index (κ1) is 10.5. The van der Waals surface area contributed by atoms with Crippen molar-refractivity contribution in [3.05, 3.63) is 34.9 Å². The van der Waals surface area contributed by atoms with E-state index < -0.39 is 25.4 Å². The summed E-state index contributed by atoms with van der Waals surface area (Å²) in [5, 5.41) is 0.617. The van der Waals surface area contributed by atoms with Gasteiger partial charge in [0.05, 0.1) is 0 Å². The van der Waals surface area contributed by atoms with Crippen LogP contribution in [-0.4, -0.2) is 24.9 Å². The van der Waals surface area contributed by atoms with Gasteiger partial charge in [0.15, 0.2) is 0 Å². The molecule has 0 radical (unpaired) electrons. The lowest BCUT2D eigenvalue weighted by molar-refractivity contribution is 0.0884. The van der Waals surface area contributed by atoms with Crippen LogP contribution in [0.4, 0.5) is 0 Å². The van der Waals surface area contributed by atoms with Gasteiger partial charge in [0, 0.05) is 24.7 Å². The van der Waals surface area contributed by atoms with Crippen LogP contribution in [0.5, 0.6) is 0 Å². The van der Waals surface area contributed by atoms with Crippen molar-refractivity contribution in [1.29, 1.82) is 0 Å². The van der Waals surface area contributed by atoms with Crippen molar-refractivity contribution in [2.75, 3.05) is 14.0 Å². The minimum absolute atomic E-state index is 0. The summed E-state index contributed by atoms with van der Waals surface area (Å²) >= 11 is 6.00. The van der Waals surface area contributed by atoms with E-state index in [1.807, 2.05) is 19.1 Å². The second kappa shape index (κ2) is 7.68. The SMILES string of the molecule is Cl.[2H]C([2H])([2H])N(C(CCCC)C1(c2ccc(Cl)cc2)CCC1)C([2H])([2H])[2H]. The molecule has 1 aromatic rings. The Morgan fingerprint density at radius 1 is 1.30 bits per heavy atom. The van der Waals surface area contributed by atoms with E-state index in [1.165, 1.54) is 0 Å². The fourth-order valence-electron chi connectivity index (χ4n) is 3.20. The molecule has 1 unspecified atom stereocenters. The molecule has 1 aliphatic carbocycles. The zero-order valence-electron chi connectivity index (χ0n) is 17.9. The molecule has 0 bridgehead atoms. The van der Waals surface area contributed by atoms with E-state index in [-0.39, 0.29) is 12.4 Å². The van der Waals surface area contributed by atoms with E-state index >= 15 is 0 Å². The van der Waals surface area contributed by atoms with Gasteiger partial charge in [-0.15, -0.1) is 12.4 Å². The van der Waals surface area contributed by atoms with Crippen molar-refractivity contribution in [2.24, 2.45) is 0 Å². The predicted octanol–water partition coefficient (Wildman–Crippen LogP) is 5.30. The molecule has 1 atom stereocenters. The molecular formula is C17H27Cl2N. The normalized spacial score (nSPS) is 23.9. The van der Waals surface area contributed by atoms with Crippen molar-refractivity contribution in [3.8, 4) is 0 Å². The number of nitrogens with zero attached hydrogens (tertiary/aromatic N) is 1. The fraction of sp³-hybridized carbons (Fsp3) is 0.647. The maximum Gasteiger partial charge on any atom is 0.0406 e. The Bertz CT molecular complexity index is 552. The van der Waals surface area contributed by atoms with Crippen LogP contribution >= 0.6 is 24.0 Å². The van der Waals surface area contributed by atoms with E-state index in [0.29, 0.717) is 11.4 Å². The van der Waals surface area contributed by atoms with E-state index in [1.54, 1.807) is 12.1 Å². The average Bonchev–Trinajstić information content (AvgIpc) is 2.42. The van der Waals surface area contributed by atoms with Gasteiger partial charge in [-0.25, -0.2) is 0 Å². The zero-order valence-corrected chi connectivity index (χ0v) is 13.4. The van der Waals surface area contributed by atoms with Gasteiger partial charge in [-0.05, 0) is 50.9 Å². The van der Waals surface area contributed by atoms with Crippen LogP contribution in [0.1, 0.15) is 59.2 Å². The smallest absolute Gasteiger partial charge is 0.0406 e. The maximum atomic E-state index is 7.86. The van der Waals surface area contributed by atoms with Crippen molar-refractivity contribution < 1.29 is 8.22 Å². The number of rotatable bonds is 6. The number of likely N-dealkylation sites (N-methyl/N-ethyl adjacent to an activating group) is 1. The van der Waals surface area contributed by atoms with Gasteiger partial charge in [0.1, 0.15) is 0 Å². The number of hydrogen-bond donors (Lipinski definition) is 0. The van der Waals surface area contributed by atoms with E-state index in [2.05, 4.69) is 0 Å². The highest BCUT2D eigenvalue weighted by molar-refractivity contribution is 6.30. The lowest BCUT2D eigenvalue weighted by Crippen LogP contribution is -2.52. The highest BCUT2D eigenvalue weighted by atomic mass is 35.5. The molecule has 20 heavy (non-hydrogen) atoms. The second-order valence-electron chi connectivity index (χ2n) is 5.54. The van der Waals surface area contributed by atoms with Crippen LogP contribution in [0, 0.1) is 0 Å². The number of benzene rings is 1. The monoisotopic (exact) mass is 321 g/mol. The van der Waals surface area contributed by atoms with Crippen molar-refractivity contribution >= 4 is 24.0 Å². The molecule has 0 spiro atoms. The maximum absolute atomic E-state index is 7.86. The number of halogens is 2. The third-order valence-electron chi connectivity index (χ3n) is 4.45. The molecule has 0 aromatic heterocycles. The Morgan fingerprint density at radius 2 is 1.95 bits per heavy atom. The third-order valence-corrected chi connectivity index (χ3v) is 4.70. The summed E-state index contributed by atoms with van der Waals surface area (Å²) in [6, 6.07) is 6.86. The van der Waals surface area contributed by atoms with Crippen LogP contribution in [0.25, 0.3) is 0 Å². The van der Waals surface area contributed by atoms with Crippen LogP contribution < -0.4 is 0 Å². The zero-order chi connectivity index (χ0) is 18.9. The number of hydrogen-bond acceptors (Lipinski definition) is 1. The Balaban J connectivity index is 0.00000338. The highest BCUT2D eigenvalue weighted by Crippen LogP contribution is 2.49. The standard InChI is InChI=1S/C17H26ClN.ClH/c1-4-5-7-16(19(2)3)17(12-6-13-17)14-8-10-15(18)11-9-14;/h8-11,16H,4-7,12-13H2,1-3H3;1H/i2D3,3D3;. The molecule has 1 fully saturated rings. The third kappa shape index (κ3) is 3.50. The summed E-state index contributed by atoms with van der Waals surface area (Å²) in [4.78, 5) is 0.809. The lowest BCUT2D eigenvalue weighted by atomic mass is 9.59. The molecule has 0 aliphatic heterocycles. The average molecular weight is 322 g/mol. The summed E-state index contributed by atoms with van der Waals surface area (Å²) < 4.78 is 47.2. The largest absolute Gasteiger partial charge is 0.306 e. The molecule has 2 rings (SSSR count). The molecule has 1 aromatic carbocycles. The molecule has 0 amide bonds. The van der Waals surface area contributed by atoms with Crippen molar-refractivity contribution in [1.82, 2.24) is 4.90 Å². The molecule has 0 N–H and O–H groups in total. The van der Waals surface area contributed by atoms with Crippen molar-refractivity contribution in [3.63, 3.8) is 0 Å². The lowest BCUT2D eigenvalue weighted by Gasteiger charge is -2.51. The van der Waals surface area contributed by atoms with Crippen LogP contribution in [0.3, 0.4) is 0 Å². The van der Waals surface area contributed by atoms with E-state index in [9.17, 15) is 0 Å². The molecule has 114 valence electrons. The minimum atomic E-state index is -2.67. The molecule has 0 saturated heterocycles. The minimum Gasteiger partial charge on any atom is -0.306 e. The van der Waals surface area contributed by atoms with E-state index in [4.69, 9.17) is 19.8 Å². The summed E-state index contributed by atoms with van der Waals surface area (Å²) in [5.41, 5.74) is 0.547. The topological polar surface area (TPSA) is 3.24 Å². The molecule has 3 heteroatoms. The Labute approximate surface area is 143 Å². The quantitative estimate of drug-likeness (QED) is 0.686. The van der Waals surface area contributed by atoms with Crippen LogP contribution in [0.2, 0.25) is 5.02 Å². The molecular weight excluding hydrogens is 289 g/mol. The van der Waals surface area contributed by atoms with Gasteiger partial charge in [-0.2, -0.15) is 0 Å². The molecule has 1 aliphatic rings. The molecule has 1 nitrogen and oxygen atoms in total. The van der Waals surface area contributed by atoms with Gasteiger partial charge in [-0.1, -0.05) is 49.9 Å². The Kier molecular flexibility index (Phi) is 4.02. The van der Waals surface area contributed by atoms with Gasteiger partial charge in [-0.3, -0.25) is 0 Å². The molecule has 0 heterocycles. The van der Waals surface area contributed by atoms with Gasteiger partial charge in [0.25, 0.3) is 0 Å². The predicted molar refractivity (Wildman–Crippen MR) is 91.2 cm³/mol. The summed E-state index contributed by atoms with van der Waals surface area (Å²) in [7, 11) is 0. The van der Waals surface area contributed by atoms with Gasteiger partial charge < -0.3 is 4.90 Å². The van der Waals surface area contributed by atoms with Crippen LogP contribution in [0.15, 0.2) is 24.3 Å². The number of unbranched alkanes of at least 4 members (excludes halogenated alkanes) is 1. The molecule has 1 saturated carbocycles. The summed E-state index contributed by atoms with van der Waals surface area (Å²) in [6.45, 7) is -3.31. The van der Waals surface area contributed by atoms with Gasteiger partial charge >= 0.3 is 0 Å². The summed E-state index contributed by atoms with van der Waals surface area (Å²) in [6.07, 6.45) is 4.81. The first-order valence-corrected chi connectivity index (χ1v) is 7.45. The summed E-state index contributed by atoms with van der Waals surface area (Å²) in [5.74, 6) is 0. The second-order valence-corrected chi connectivity index (χ2v) is 5.98. The van der Waals surface area contributed by atoms with Crippen molar-refractivity contribution in [2.45, 2.75) is 56.9 Å². The fourth-order valence-corrected chi connectivity index (χ4v) is 3.33.